The Hall–Kier alpha value is -3.31. The minimum atomic E-state index is 0.00845. The van der Waals surface area contributed by atoms with Crippen molar-refractivity contribution in [2.24, 2.45) is 0 Å². The summed E-state index contributed by atoms with van der Waals surface area (Å²) in [5.41, 5.74) is 5.47. The van der Waals surface area contributed by atoms with E-state index in [4.69, 9.17) is 21.3 Å². The van der Waals surface area contributed by atoms with Crippen LogP contribution in [0.4, 0.5) is 0 Å². The van der Waals surface area contributed by atoms with Gasteiger partial charge in [-0.2, -0.15) is 0 Å². The van der Waals surface area contributed by atoms with Gasteiger partial charge in [0.25, 0.3) is 0 Å². The molecule has 1 amide bonds. The van der Waals surface area contributed by atoms with Gasteiger partial charge >= 0.3 is 0 Å². The molecule has 38 heavy (non-hydrogen) atoms. The fourth-order valence-electron chi connectivity index (χ4n) is 4.75. The largest absolute Gasteiger partial charge is 0.491 e. The number of halogens is 1. The first kappa shape index (κ1) is 27.7. The highest BCUT2D eigenvalue weighted by Gasteiger charge is 2.12. The van der Waals surface area contributed by atoms with Crippen molar-refractivity contribution in [3.8, 4) is 5.75 Å². The molecule has 0 saturated carbocycles. The Bertz CT molecular complexity index is 1360. The van der Waals surface area contributed by atoms with Crippen LogP contribution >= 0.6 is 11.6 Å². The maximum Gasteiger partial charge on any atom is 0.224 e. The molecule has 200 valence electrons. The Morgan fingerprint density at radius 2 is 1.82 bits per heavy atom. The van der Waals surface area contributed by atoms with Gasteiger partial charge in [-0.3, -0.25) is 4.79 Å². The molecular formula is C32H38ClN3O2. The number of carbonyl (C=O) groups excluding carboxylic acids is 1. The minimum absolute atomic E-state index is 0.00845. The van der Waals surface area contributed by atoms with Crippen molar-refractivity contribution in [2.45, 2.75) is 65.3 Å². The number of fused-ring (bicyclic) bond motifs is 1. The molecular weight excluding hydrogens is 494 g/mol. The van der Waals surface area contributed by atoms with Crippen LogP contribution in [0.15, 0.2) is 66.7 Å². The van der Waals surface area contributed by atoms with Gasteiger partial charge in [0.2, 0.25) is 5.91 Å². The van der Waals surface area contributed by atoms with E-state index >= 15 is 0 Å². The van der Waals surface area contributed by atoms with Crippen molar-refractivity contribution >= 4 is 28.5 Å². The van der Waals surface area contributed by atoms with E-state index in [-0.39, 0.29) is 5.91 Å². The zero-order valence-corrected chi connectivity index (χ0v) is 23.4. The predicted octanol–water partition coefficient (Wildman–Crippen LogP) is 7.27. The second kappa shape index (κ2) is 13.5. The Morgan fingerprint density at radius 3 is 2.63 bits per heavy atom. The minimum Gasteiger partial charge on any atom is -0.491 e. The van der Waals surface area contributed by atoms with Gasteiger partial charge in [0.15, 0.2) is 0 Å². The molecule has 0 spiro atoms. The van der Waals surface area contributed by atoms with Crippen molar-refractivity contribution < 1.29 is 9.53 Å². The molecule has 0 aliphatic rings. The fraction of sp³-hybridized carbons (Fsp3) is 0.375. The average Bonchev–Trinajstić information content (AvgIpc) is 3.24. The number of hydrogen-bond acceptors (Lipinski definition) is 3. The van der Waals surface area contributed by atoms with Crippen LogP contribution in [-0.4, -0.2) is 28.6 Å². The molecule has 4 aromatic rings. The topological polar surface area (TPSA) is 56.1 Å². The maximum atomic E-state index is 12.2. The summed E-state index contributed by atoms with van der Waals surface area (Å²) in [6, 6.07) is 22.2. The van der Waals surface area contributed by atoms with E-state index in [2.05, 4.69) is 67.1 Å². The molecule has 0 aliphatic carbocycles. The smallest absolute Gasteiger partial charge is 0.224 e. The lowest BCUT2D eigenvalue weighted by Crippen LogP contribution is -2.26. The van der Waals surface area contributed by atoms with Gasteiger partial charge in [-0.1, -0.05) is 74.3 Å². The van der Waals surface area contributed by atoms with Crippen molar-refractivity contribution in [3.05, 3.63) is 94.3 Å². The van der Waals surface area contributed by atoms with Gasteiger partial charge in [-0.15, -0.1) is 0 Å². The van der Waals surface area contributed by atoms with E-state index in [0.29, 0.717) is 30.5 Å². The van der Waals surface area contributed by atoms with E-state index in [0.717, 1.165) is 60.4 Å². The first-order chi connectivity index (χ1) is 18.4. The molecule has 5 nitrogen and oxygen atoms in total. The van der Waals surface area contributed by atoms with Crippen molar-refractivity contribution in [1.82, 2.24) is 14.9 Å². The number of imidazole rings is 1. The molecule has 4 rings (SSSR count). The number of nitrogens with one attached hydrogen (secondary N) is 1. The predicted molar refractivity (Wildman–Crippen MR) is 156 cm³/mol. The molecule has 0 bridgehead atoms. The summed E-state index contributed by atoms with van der Waals surface area (Å²) in [6.07, 6.45) is 4.17. The standard InChI is InChI=1S/C32H38ClN3O2/c1-23(2)26-17-16-24(3)21-30(26)38-20-19-36-29-14-9-8-13-28(29)35-31(36)15-5-4-10-18-34-32(37)22-25-11-6-7-12-27(25)33/h6-9,11-14,16-17,21,23H,4-5,10,15,18-20,22H2,1-3H3,(H,34,37). The summed E-state index contributed by atoms with van der Waals surface area (Å²) in [5, 5.41) is 3.65. The van der Waals surface area contributed by atoms with Gasteiger partial charge < -0.3 is 14.6 Å². The molecule has 3 aromatic carbocycles. The number of ether oxygens (including phenoxy) is 1. The molecule has 0 saturated heterocycles. The number of unbranched alkanes of at least 4 members (excludes halogenated alkanes) is 2. The number of benzene rings is 3. The highest BCUT2D eigenvalue weighted by Crippen LogP contribution is 2.28. The zero-order valence-electron chi connectivity index (χ0n) is 22.7. The summed E-state index contributed by atoms with van der Waals surface area (Å²) >= 11 is 6.16. The number of hydrogen-bond donors (Lipinski definition) is 1. The van der Waals surface area contributed by atoms with Crippen LogP contribution in [0.3, 0.4) is 0 Å². The molecule has 1 aromatic heterocycles. The Balaban J connectivity index is 1.28. The van der Waals surface area contributed by atoms with Crippen molar-refractivity contribution in [2.75, 3.05) is 13.2 Å². The quantitative estimate of drug-likeness (QED) is 0.184. The molecule has 0 radical (unpaired) electrons. The second-order valence-electron chi connectivity index (χ2n) is 10.1. The molecule has 0 aliphatic heterocycles. The molecule has 6 heteroatoms. The van der Waals surface area contributed by atoms with Gasteiger partial charge in [0, 0.05) is 18.0 Å². The van der Waals surface area contributed by atoms with E-state index < -0.39 is 0 Å². The van der Waals surface area contributed by atoms with Crippen LogP contribution in [0.1, 0.15) is 61.5 Å². The molecule has 0 unspecified atom stereocenters. The van der Waals surface area contributed by atoms with E-state index in [1.165, 1.54) is 11.1 Å². The number of rotatable bonds is 13. The summed E-state index contributed by atoms with van der Waals surface area (Å²) in [5.74, 6) is 2.48. The van der Waals surface area contributed by atoms with E-state index in [9.17, 15) is 4.79 Å². The highest BCUT2D eigenvalue weighted by molar-refractivity contribution is 6.31. The Kier molecular flexibility index (Phi) is 9.83. The summed E-state index contributed by atoms with van der Waals surface area (Å²) in [6.45, 7) is 8.51. The summed E-state index contributed by atoms with van der Waals surface area (Å²) in [7, 11) is 0. The average molecular weight is 532 g/mol. The molecule has 1 N–H and O–H groups in total. The van der Waals surface area contributed by atoms with E-state index in [1.54, 1.807) is 0 Å². The lowest BCUT2D eigenvalue weighted by Gasteiger charge is -2.16. The van der Waals surface area contributed by atoms with Crippen LogP contribution in [0, 0.1) is 6.92 Å². The lowest BCUT2D eigenvalue weighted by atomic mass is 10.0. The number of aromatic nitrogens is 2. The SMILES string of the molecule is Cc1ccc(C(C)C)c(OCCn2c(CCCCCNC(=O)Cc3ccccc3Cl)nc3ccccc32)c1. The van der Waals surface area contributed by atoms with E-state index in [1.807, 2.05) is 30.3 Å². The van der Waals surface area contributed by atoms with Crippen LogP contribution in [0.25, 0.3) is 11.0 Å². The molecule has 1 heterocycles. The zero-order chi connectivity index (χ0) is 26.9. The van der Waals surface area contributed by atoms with Gasteiger partial charge in [0.1, 0.15) is 18.2 Å². The summed E-state index contributed by atoms with van der Waals surface area (Å²) < 4.78 is 8.59. The van der Waals surface area contributed by atoms with Crippen LogP contribution in [0.2, 0.25) is 5.02 Å². The Labute approximate surface area is 231 Å². The van der Waals surface area contributed by atoms with Gasteiger partial charge in [-0.25, -0.2) is 4.98 Å². The third kappa shape index (κ3) is 7.38. The monoisotopic (exact) mass is 531 g/mol. The number of carbonyl (C=O) groups is 1. The van der Waals surface area contributed by atoms with Crippen LogP contribution < -0.4 is 10.1 Å². The number of aryl methyl sites for hydroxylation is 2. The fourth-order valence-corrected chi connectivity index (χ4v) is 4.95. The first-order valence-electron chi connectivity index (χ1n) is 13.6. The van der Waals surface area contributed by atoms with Gasteiger partial charge in [-0.05, 0) is 66.6 Å². The Morgan fingerprint density at radius 1 is 1.03 bits per heavy atom. The number of nitrogens with zero attached hydrogens (tertiary/aromatic N) is 2. The maximum absolute atomic E-state index is 12.2. The second-order valence-corrected chi connectivity index (χ2v) is 10.5. The molecule has 0 fully saturated rings. The van der Waals surface area contributed by atoms with Crippen LogP contribution in [0.5, 0.6) is 5.75 Å². The third-order valence-electron chi connectivity index (χ3n) is 6.81. The van der Waals surface area contributed by atoms with Crippen molar-refractivity contribution in [3.63, 3.8) is 0 Å². The molecule has 0 atom stereocenters. The number of amides is 1. The normalized spacial score (nSPS) is 11.3. The first-order valence-corrected chi connectivity index (χ1v) is 14.0. The summed E-state index contributed by atoms with van der Waals surface area (Å²) in [4.78, 5) is 17.2. The van der Waals surface area contributed by atoms with Gasteiger partial charge in [0.05, 0.1) is 24.0 Å². The number of para-hydroxylation sites is 2. The van der Waals surface area contributed by atoms with Crippen molar-refractivity contribution in [1.29, 1.82) is 0 Å². The van der Waals surface area contributed by atoms with Crippen LogP contribution in [-0.2, 0) is 24.2 Å². The highest BCUT2D eigenvalue weighted by atomic mass is 35.5. The lowest BCUT2D eigenvalue weighted by molar-refractivity contribution is -0.120. The third-order valence-corrected chi connectivity index (χ3v) is 7.17.